The number of aromatic nitrogens is 2. The van der Waals surface area contributed by atoms with Gasteiger partial charge >= 0.3 is 0 Å². The molecule has 0 saturated heterocycles. The molecule has 4 heteroatoms. The van der Waals surface area contributed by atoms with Gasteiger partial charge in [0.15, 0.2) is 0 Å². The maximum absolute atomic E-state index is 10.1. The summed E-state index contributed by atoms with van der Waals surface area (Å²) in [6.45, 7) is 0. The molecule has 0 aliphatic rings. The van der Waals surface area contributed by atoms with E-state index in [2.05, 4.69) is 15.1 Å². The highest BCUT2D eigenvalue weighted by atomic mass is 16.3. The molecule has 0 aliphatic carbocycles. The summed E-state index contributed by atoms with van der Waals surface area (Å²) in [6, 6.07) is 9.96. The maximum atomic E-state index is 10.1. The van der Waals surface area contributed by atoms with Gasteiger partial charge in [-0.05, 0) is 10.7 Å². The average Bonchev–Trinajstić information content (AvgIpc) is 2.31. The van der Waals surface area contributed by atoms with Crippen LogP contribution in [0.5, 0.6) is 0 Å². The first kappa shape index (κ1) is 9.45. The Morgan fingerprint density at radius 1 is 1.07 bits per heavy atom. The third-order valence-electron chi connectivity index (χ3n) is 2.01. The largest absolute Gasteiger partial charge is 0.255 e. The molecule has 0 atom stereocenters. The first-order chi connectivity index (χ1) is 7.38. The zero-order valence-corrected chi connectivity index (χ0v) is 8.00. The van der Waals surface area contributed by atoms with Crippen molar-refractivity contribution >= 4 is 5.82 Å². The van der Waals surface area contributed by atoms with E-state index in [9.17, 15) is 4.91 Å². The Hall–Kier alpha value is -2.10. The van der Waals surface area contributed by atoms with E-state index in [0.29, 0.717) is 6.42 Å². The zero-order valence-electron chi connectivity index (χ0n) is 8.00. The SMILES string of the molecule is O=Nc1cnc(Cc2ccccc2)cn1. The smallest absolute Gasteiger partial charge is 0.214 e. The summed E-state index contributed by atoms with van der Waals surface area (Å²) < 4.78 is 0. The van der Waals surface area contributed by atoms with Gasteiger partial charge in [-0.3, -0.25) is 4.98 Å². The topological polar surface area (TPSA) is 55.2 Å². The summed E-state index contributed by atoms with van der Waals surface area (Å²) in [7, 11) is 0. The standard InChI is InChI=1S/C11H9N3O/c15-14-11-8-12-10(7-13-11)6-9-4-2-1-3-5-9/h1-5,7-8H,6H2. The van der Waals surface area contributed by atoms with Gasteiger partial charge in [0.1, 0.15) is 0 Å². The van der Waals surface area contributed by atoms with Gasteiger partial charge in [0.2, 0.25) is 5.82 Å². The van der Waals surface area contributed by atoms with Crippen molar-refractivity contribution in [3.05, 3.63) is 58.9 Å². The molecule has 0 aliphatic heterocycles. The van der Waals surface area contributed by atoms with Gasteiger partial charge in [-0.2, -0.15) is 0 Å². The van der Waals surface area contributed by atoms with Crippen molar-refractivity contribution in [2.45, 2.75) is 6.42 Å². The summed E-state index contributed by atoms with van der Waals surface area (Å²) >= 11 is 0. The van der Waals surface area contributed by atoms with Crippen LogP contribution in [-0.4, -0.2) is 9.97 Å². The molecule has 0 fully saturated rings. The normalized spacial score (nSPS) is 9.87. The summed E-state index contributed by atoms with van der Waals surface area (Å²) in [6.07, 6.45) is 3.67. The number of hydrogen-bond donors (Lipinski definition) is 0. The molecule has 0 N–H and O–H groups in total. The molecule has 1 aromatic carbocycles. The van der Waals surface area contributed by atoms with Gasteiger partial charge in [0.25, 0.3) is 0 Å². The van der Waals surface area contributed by atoms with Gasteiger partial charge in [-0.25, -0.2) is 4.98 Å². The highest BCUT2D eigenvalue weighted by Crippen LogP contribution is 2.08. The minimum Gasteiger partial charge on any atom is -0.255 e. The fraction of sp³-hybridized carbons (Fsp3) is 0.0909. The van der Waals surface area contributed by atoms with Crippen molar-refractivity contribution in [3.8, 4) is 0 Å². The highest BCUT2D eigenvalue weighted by molar-refractivity contribution is 5.25. The number of nitroso groups, excluding NO2 is 1. The van der Waals surface area contributed by atoms with E-state index in [1.54, 1.807) is 6.20 Å². The van der Waals surface area contributed by atoms with Crippen LogP contribution >= 0.6 is 0 Å². The van der Waals surface area contributed by atoms with Crippen LogP contribution in [0.1, 0.15) is 11.3 Å². The molecule has 1 aromatic heterocycles. The summed E-state index contributed by atoms with van der Waals surface area (Å²) in [5.74, 6) is 0.117. The molecule has 1 heterocycles. The van der Waals surface area contributed by atoms with E-state index in [0.717, 1.165) is 5.69 Å². The Morgan fingerprint density at radius 2 is 1.87 bits per heavy atom. The second-order valence-corrected chi connectivity index (χ2v) is 3.12. The van der Waals surface area contributed by atoms with Crippen LogP contribution in [0.4, 0.5) is 5.82 Å². The quantitative estimate of drug-likeness (QED) is 0.713. The molecular formula is C11H9N3O. The minimum absolute atomic E-state index is 0.117. The van der Waals surface area contributed by atoms with Gasteiger partial charge in [-0.1, -0.05) is 30.3 Å². The Kier molecular flexibility index (Phi) is 2.78. The lowest BCUT2D eigenvalue weighted by Gasteiger charge is -1.99. The molecular weight excluding hydrogens is 190 g/mol. The second-order valence-electron chi connectivity index (χ2n) is 3.12. The molecule has 15 heavy (non-hydrogen) atoms. The number of benzene rings is 1. The molecule has 0 bridgehead atoms. The highest BCUT2D eigenvalue weighted by Gasteiger charge is 1.98. The Balaban J connectivity index is 2.15. The predicted molar refractivity (Wildman–Crippen MR) is 56.7 cm³/mol. The average molecular weight is 199 g/mol. The summed E-state index contributed by atoms with van der Waals surface area (Å²) in [5, 5.41) is 2.70. The molecule has 74 valence electrons. The van der Waals surface area contributed by atoms with E-state index in [1.807, 2.05) is 30.3 Å². The molecule has 0 unspecified atom stereocenters. The summed E-state index contributed by atoms with van der Waals surface area (Å²) in [4.78, 5) is 18.1. The predicted octanol–water partition coefficient (Wildman–Crippen LogP) is 2.47. The fourth-order valence-corrected chi connectivity index (χ4v) is 1.29. The number of nitrogens with zero attached hydrogens (tertiary/aromatic N) is 3. The maximum Gasteiger partial charge on any atom is 0.214 e. The van der Waals surface area contributed by atoms with Gasteiger partial charge in [0, 0.05) is 6.42 Å². The zero-order chi connectivity index (χ0) is 10.5. The third-order valence-corrected chi connectivity index (χ3v) is 2.01. The van der Waals surface area contributed by atoms with Crippen molar-refractivity contribution in [3.63, 3.8) is 0 Å². The molecule has 2 rings (SSSR count). The van der Waals surface area contributed by atoms with Crippen LogP contribution in [0.3, 0.4) is 0 Å². The summed E-state index contributed by atoms with van der Waals surface area (Å²) in [5.41, 5.74) is 1.99. The van der Waals surface area contributed by atoms with Crippen molar-refractivity contribution < 1.29 is 0 Å². The Morgan fingerprint density at radius 3 is 2.47 bits per heavy atom. The van der Waals surface area contributed by atoms with Crippen LogP contribution in [0.2, 0.25) is 0 Å². The fourth-order valence-electron chi connectivity index (χ4n) is 1.29. The lowest BCUT2D eigenvalue weighted by molar-refractivity contribution is 1.03. The van der Waals surface area contributed by atoms with Crippen molar-refractivity contribution in [1.82, 2.24) is 9.97 Å². The Labute approximate surface area is 87.0 Å². The van der Waals surface area contributed by atoms with E-state index < -0.39 is 0 Å². The van der Waals surface area contributed by atoms with Crippen LogP contribution < -0.4 is 0 Å². The second kappa shape index (κ2) is 4.41. The van der Waals surface area contributed by atoms with Crippen molar-refractivity contribution in [2.24, 2.45) is 5.18 Å². The van der Waals surface area contributed by atoms with E-state index in [-0.39, 0.29) is 5.82 Å². The third kappa shape index (κ3) is 2.43. The van der Waals surface area contributed by atoms with Gasteiger partial charge in [0.05, 0.1) is 18.1 Å². The minimum atomic E-state index is 0.117. The molecule has 0 spiro atoms. The molecule has 0 saturated carbocycles. The monoisotopic (exact) mass is 199 g/mol. The molecule has 0 radical (unpaired) electrons. The van der Waals surface area contributed by atoms with Gasteiger partial charge in [-0.15, -0.1) is 4.91 Å². The molecule has 0 amide bonds. The van der Waals surface area contributed by atoms with Crippen LogP contribution in [0, 0.1) is 4.91 Å². The number of rotatable bonds is 3. The first-order valence-corrected chi connectivity index (χ1v) is 4.56. The lowest BCUT2D eigenvalue weighted by Crippen LogP contribution is -1.92. The van der Waals surface area contributed by atoms with Crippen LogP contribution in [0.15, 0.2) is 47.9 Å². The number of hydrogen-bond acceptors (Lipinski definition) is 4. The van der Waals surface area contributed by atoms with Crippen LogP contribution in [-0.2, 0) is 6.42 Å². The molecule has 4 nitrogen and oxygen atoms in total. The van der Waals surface area contributed by atoms with Crippen LogP contribution in [0.25, 0.3) is 0 Å². The van der Waals surface area contributed by atoms with Crippen molar-refractivity contribution in [1.29, 1.82) is 0 Å². The molecule has 2 aromatic rings. The van der Waals surface area contributed by atoms with Crippen molar-refractivity contribution in [2.75, 3.05) is 0 Å². The lowest BCUT2D eigenvalue weighted by atomic mass is 10.1. The Bertz CT molecular complexity index is 439. The van der Waals surface area contributed by atoms with Gasteiger partial charge < -0.3 is 0 Å². The first-order valence-electron chi connectivity index (χ1n) is 4.56. The van der Waals surface area contributed by atoms with E-state index in [4.69, 9.17) is 0 Å². The van der Waals surface area contributed by atoms with E-state index in [1.165, 1.54) is 11.8 Å². The van der Waals surface area contributed by atoms with E-state index >= 15 is 0 Å².